The Hall–Kier alpha value is -2.98. The van der Waals surface area contributed by atoms with Gasteiger partial charge in [-0.05, 0) is 58.7 Å². The van der Waals surface area contributed by atoms with Crippen molar-refractivity contribution in [2.75, 3.05) is 6.61 Å². The molecule has 3 atom stereocenters. The van der Waals surface area contributed by atoms with Crippen LogP contribution < -0.4 is 15.3 Å². The summed E-state index contributed by atoms with van der Waals surface area (Å²) in [5.74, 6) is 0.0378. The summed E-state index contributed by atoms with van der Waals surface area (Å²) in [5, 5.41) is 8.65. The van der Waals surface area contributed by atoms with Crippen LogP contribution in [0.1, 0.15) is 40.5 Å². The normalized spacial score (nSPS) is 22.9. The lowest BCUT2D eigenvalue weighted by Gasteiger charge is -2.31. The summed E-state index contributed by atoms with van der Waals surface area (Å²) in [5.41, 5.74) is 5.20. The molecule has 0 amide bonds. The lowest BCUT2D eigenvalue weighted by Crippen LogP contribution is -2.47. The maximum atomic E-state index is 13.8. The Morgan fingerprint density at radius 2 is 2.08 bits per heavy atom. The number of hydrogen-bond donors (Lipinski definition) is 2. The fraction of sp³-hybridized carbons (Fsp3) is 0.458. The number of carbonyl (C=O) groups is 1. The molecule has 3 N–H and O–H groups in total. The molecule has 2 aliphatic heterocycles. The number of allylic oxidation sites excluding steroid dienone is 2. The Bertz CT molecular complexity index is 1070. The van der Waals surface area contributed by atoms with Crippen molar-refractivity contribution in [2.24, 2.45) is 15.8 Å². The molecule has 1 saturated heterocycles. The van der Waals surface area contributed by atoms with E-state index in [1.807, 2.05) is 0 Å². The van der Waals surface area contributed by atoms with Gasteiger partial charge in [0.2, 0.25) is 0 Å². The number of ether oxygens (including phenoxy) is 2. The van der Waals surface area contributed by atoms with Crippen molar-refractivity contribution >= 4 is 25.9 Å². The van der Waals surface area contributed by atoms with Crippen LogP contribution in [0, 0.1) is 0 Å². The molecule has 11 nitrogen and oxygen atoms in total. The number of hydrazone groups is 1. The molecule has 3 rings (SSSR count). The van der Waals surface area contributed by atoms with E-state index in [-0.39, 0.29) is 12.7 Å². The van der Waals surface area contributed by atoms with Crippen LogP contribution in [0.25, 0.3) is 0 Å². The highest BCUT2D eigenvalue weighted by Gasteiger charge is 2.42. The van der Waals surface area contributed by atoms with Crippen LogP contribution >= 0.6 is 7.75 Å². The minimum Gasteiger partial charge on any atom is -0.462 e. The second kappa shape index (κ2) is 11.8. The first kappa shape index (κ1) is 27.6. The van der Waals surface area contributed by atoms with Gasteiger partial charge in [0.25, 0.3) is 0 Å². The van der Waals surface area contributed by atoms with Gasteiger partial charge in [0.1, 0.15) is 23.3 Å². The zero-order valence-corrected chi connectivity index (χ0v) is 21.9. The molecule has 36 heavy (non-hydrogen) atoms. The van der Waals surface area contributed by atoms with Gasteiger partial charge in [0, 0.05) is 0 Å². The molecule has 196 valence electrons. The van der Waals surface area contributed by atoms with Crippen molar-refractivity contribution in [1.82, 2.24) is 10.1 Å². The average Bonchev–Trinajstić information content (AvgIpc) is 3.28. The van der Waals surface area contributed by atoms with E-state index in [4.69, 9.17) is 24.3 Å². The standard InChI is InChI=1S/C24H34N5O6P/c1-6-10-20-22(25)26-16-27-29(20)21-14-13-19(34-21)15-32-36(31,35-18-11-8-7-9-12-18)28-24(4,5)23(30)33-17(2)3/h6-12,16-17,19,21H,1,13-15H2,2-5H3,(H,28,31)(H2,25,26,27)/b20-10-/t19?,21-,36?/m1/s1. The third-order valence-corrected chi connectivity index (χ3v) is 6.96. The lowest BCUT2D eigenvalue weighted by molar-refractivity contribution is -0.153. The molecular weight excluding hydrogens is 485 g/mol. The minimum absolute atomic E-state index is 0.0510. The molecule has 0 bridgehead atoms. The molecule has 1 aromatic rings. The van der Waals surface area contributed by atoms with E-state index in [9.17, 15) is 9.36 Å². The molecule has 0 aliphatic carbocycles. The van der Waals surface area contributed by atoms with Crippen LogP contribution in [0.15, 0.2) is 64.9 Å². The Balaban J connectivity index is 1.70. The van der Waals surface area contributed by atoms with Gasteiger partial charge < -0.3 is 19.7 Å². The predicted octanol–water partition coefficient (Wildman–Crippen LogP) is 3.70. The Morgan fingerprint density at radius 1 is 1.36 bits per heavy atom. The van der Waals surface area contributed by atoms with E-state index < -0.39 is 31.6 Å². The van der Waals surface area contributed by atoms with E-state index in [0.717, 1.165) is 0 Å². The van der Waals surface area contributed by atoms with E-state index in [2.05, 4.69) is 21.8 Å². The highest BCUT2D eigenvalue weighted by atomic mass is 31.2. The second-order valence-electron chi connectivity index (χ2n) is 9.06. The van der Waals surface area contributed by atoms with Gasteiger partial charge >= 0.3 is 13.7 Å². The quantitative estimate of drug-likeness (QED) is 0.331. The van der Waals surface area contributed by atoms with Gasteiger partial charge in [-0.2, -0.15) is 10.2 Å². The summed E-state index contributed by atoms with van der Waals surface area (Å²) >= 11 is 0. The van der Waals surface area contributed by atoms with E-state index >= 15 is 0 Å². The zero-order valence-electron chi connectivity index (χ0n) is 21.0. The summed E-state index contributed by atoms with van der Waals surface area (Å²) in [6.07, 6.45) is 4.71. The van der Waals surface area contributed by atoms with Gasteiger partial charge in [-0.25, -0.2) is 14.6 Å². The van der Waals surface area contributed by atoms with Crippen LogP contribution in [0.5, 0.6) is 5.75 Å². The van der Waals surface area contributed by atoms with E-state index in [1.54, 1.807) is 75.2 Å². The van der Waals surface area contributed by atoms with Gasteiger partial charge in [0.05, 0.1) is 18.8 Å². The molecule has 0 saturated carbocycles. The third kappa shape index (κ3) is 7.27. The number of hydrogen-bond acceptors (Lipinski definition) is 10. The SMILES string of the molecule is C=C/C=C1/C(N)=NC=NN1[C@H]1CCC(COP(=O)(NC(C)(C)C(=O)OC(C)C)Oc2ccccc2)O1. The summed E-state index contributed by atoms with van der Waals surface area (Å²) in [6.45, 7) is 10.2. The van der Waals surface area contributed by atoms with E-state index in [1.165, 1.54) is 6.34 Å². The van der Waals surface area contributed by atoms with Crippen molar-refractivity contribution in [1.29, 1.82) is 0 Å². The lowest BCUT2D eigenvalue weighted by atomic mass is 10.1. The monoisotopic (exact) mass is 519 g/mol. The average molecular weight is 520 g/mol. The molecule has 12 heteroatoms. The van der Waals surface area contributed by atoms with Crippen LogP contribution in [-0.2, 0) is 23.4 Å². The van der Waals surface area contributed by atoms with E-state index in [0.29, 0.717) is 30.1 Å². The molecule has 1 fully saturated rings. The highest BCUT2D eigenvalue weighted by molar-refractivity contribution is 7.52. The number of nitrogens with two attached hydrogens (primary N) is 1. The largest absolute Gasteiger partial charge is 0.462 e. The number of para-hydroxylation sites is 1. The molecule has 2 heterocycles. The smallest absolute Gasteiger partial charge is 0.459 e. The number of carbonyl (C=O) groups excluding carboxylic acids is 1. The number of esters is 1. The number of rotatable bonds is 11. The Kier molecular flexibility index (Phi) is 9.08. The van der Waals surface area contributed by atoms with Crippen LogP contribution in [-0.4, -0.2) is 53.7 Å². The molecule has 1 aromatic carbocycles. The van der Waals surface area contributed by atoms with Gasteiger partial charge in [0.15, 0.2) is 12.1 Å². The summed E-state index contributed by atoms with van der Waals surface area (Å²) in [6, 6.07) is 8.58. The number of aliphatic imine (C=N–C) groups is 1. The van der Waals surface area contributed by atoms with Crippen LogP contribution in [0.3, 0.4) is 0 Å². The minimum atomic E-state index is -4.03. The topological polar surface area (TPSA) is 137 Å². The number of nitrogens with one attached hydrogen (secondary N) is 1. The summed E-state index contributed by atoms with van der Waals surface area (Å²) in [4.78, 5) is 16.6. The Morgan fingerprint density at radius 3 is 2.75 bits per heavy atom. The van der Waals surface area contributed by atoms with Crippen molar-refractivity contribution < 1.29 is 27.9 Å². The van der Waals surface area contributed by atoms with Crippen LogP contribution in [0.4, 0.5) is 0 Å². The predicted molar refractivity (Wildman–Crippen MR) is 137 cm³/mol. The first-order valence-corrected chi connectivity index (χ1v) is 13.2. The molecular formula is C24H34N5O6P. The maximum Gasteiger partial charge on any atom is 0.459 e. The fourth-order valence-corrected chi connectivity index (χ4v) is 5.21. The third-order valence-electron chi connectivity index (χ3n) is 5.18. The molecule has 0 spiro atoms. The van der Waals surface area contributed by atoms with Crippen LogP contribution in [0.2, 0.25) is 0 Å². The number of nitrogens with zero attached hydrogens (tertiary/aromatic N) is 3. The second-order valence-corrected chi connectivity index (χ2v) is 10.7. The maximum absolute atomic E-state index is 13.8. The number of benzene rings is 1. The van der Waals surface area contributed by atoms with Gasteiger partial charge in [-0.3, -0.25) is 9.32 Å². The van der Waals surface area contributed by atoms with Crippen molar-refractivity contribution in [3.63, 3.8) is 0 Å². The molecule has 2 unspecified atom stereocenters. The first-order chi connectivity index (χ1) is 17.0. The zero-order chi connectivity index (χ0) is 26.3. The first-order valence-electron chi connectivity index (χ1n) is 11.7. The van der Waals surface area contributed by atoms with Gasteiger partial charge in [-0.15, -0.1) is 0 Å². The van der Waals surface area contributed by atoms with Crippen molar-refractivity contribution in [2.45, 2.75) is 64.5 Å². The molecule has 0 radical (unpaired) electrons. The molecule has 2 aliphatic rings. The summed E-state index contributed by atoms with van der Waals surface area (Å²) in [7, 11) is -4.03. The Labute approximate surface area is 211 Å². The number of amidine groups is 1. The molecule has 0 aromatic heterocycles. The van der Waals surface area contributed by atoms with Gasteiger partial charge in [-0.1, -0.05) is 30.9 Å². The fourth-order valence-electron chi connectivity index (χ4n) is 3.51. The summed E-state index contributed by atoms with van der Waals surface area (Å²) < 4.78 is 36.7. The van der Waals surface area contributed by atoms with Crippen molar-refractivity contribution in [3.05, 3.63) is 54.8 Å². The van der Waals surface area contributed by atoms with Crippen molar-refractivity contribution in [3.8, 4) is 5.75 Å². The highest BCUT2D eigenvalue weighted by Crippen LogP contribution is 2.47.